The molecule has 1 saturated heterocycles. The summed E-state index contributed by atoms with van der Waals surface area (Å²) in [7, 11) is 5.35. The number of hydrogen-bond donors (Lipinski definition) is 0. The molecular weight excluding hydrogens is 127 g/mol. The topological polar surface area (TPSA) is 18.5 Å². The van der Waals surface area contributed by atoms with Crippen LogP contribution in [0.25, 0.3) is 0 Å². The Kier molecular flexibility index (Phi) is 5.74. The molecule has 0 spiro atoms. The van der Waals surface area contributed by atoms with E-state index in [9.17, 15) is 0 Å². The second-order valence-corrected chi connectivity index (χ2v) is 1.85. The van der Waals surface area contributed by atoms with E-state index >= 15 is 0 Å². The van der Waals surface area contributed by atoms with Crippen LogP contribution in [0.4, 0.5) is 0 Å². The van der Waals surface area contributed by atoms with Gasteiger partial charge in [0.1, 0.15) is 7.85 Å². The molecule has 0 aliphatic carbocycles. The standard InChI is InChI=1S/C5H9BO2.C2H6/c1-2-5-7-3-4(6)8-5;1-2/h4-5H,2-3H2,1H3;1-2H3. The lowest BCUT2D eigenvalue weighted by Crippen LogP contribution is -2.10. The van der Waals surface area contributed by atoms with Gasteiger partial charge in [0.15, 0.2) is 6.29 Å². The van der Waals surface area contributed by atoms with Gasteiger partial charge in [-0.25, -0.2) is 0 Å². The van der Waals surface area contributed by atoms with Gasteiger partial charge in [0.2, 0.25) is 0 Å². The third kappa shape index (κ3) is 3.23. The van der Waals surface area contributed by atoms with Gasteiger partial charge in [-0.2, -0.15) is 0 Å². The van der Waals surface area contributed by atoms with E-state index in [-0.39, 0.29) is 12.3 Å². The lowest BCUT2D eigenvalue weighted by molar-refractivity contribution is -0.0480. The highest BCUT2D eigenvalue weighted by Crippen LogP contribution is 2.10. The smallest absolute Gasteiger partial charge is 0.156 e. The molecule has 58 valence electrons. The van der Waals surface area contributed by atoms with Gasteiger partial charge in [-0.15, -0.1) is 0 Å². The third-order valence-electron chi connectivity index (χ3n) is 1.11. The number of hydrogen-bond acceptors (Lipinski definition) is 2. The van der Waals surface area contributed by atoms with E-state index in [1.807, 2.05) is 20.8 Å². The molecule has 2 radical (unpaired) electrons. The summed E-state index contributed by atoms with van der Waals surface area (Å²) in [6.45, 7) is 6.54. The minimum Gasteiger partial charge on any atom is -0.357 e. The van der Waals surface area contributed by atoms with Gasteiger partial charge in [-0.1, -0.05) is 20.8 Å². The predicted molar refractivity (Wildman–Crippen MR) is 42.0 cm³/mol. The Balaban J connectivity index is 0.000000371. The average Bonchev–Trinajstić information content (AvgIpc) is 2.40. The molecular formula is C7H15BO2. The summed E-state index contributed by atoms with van der Waals surface area (Å²) in [6.07, 6.45) is 0.832. The molecule has 10 heavy (non-hydrogen) atoms. The Labute approximate surface area is 64.3 Å². The first-order valence-corrected chi connectivity index (χ1v) is 3.85. The van der Waals surface area contributed by atoms with Gasteiger partial charge in [-0.3, -0.25) is 0 Å². The van der Waals surface area contributed by atoms with Crippen molar-refractivity contribution in [2.75, 3.05) is 6.61 Å². The summed E-state index contributed by atoms with van der Waals surface area (Å²) in [5, 5.41) is 0. The Morgan fingerprint density at radius 2 is 2.10 bits per heavy atom. The van der Waals surface area contributed by atoms with Crippen molar-refractivity contribution in [2.45, 2.75) is 39.5 Å². The van der Waals surface area contributed by atoms with Crippen LogP contribution in [0.3, 0.4) is 0 Å². The zero-order valence-electron chi connectivity index (χ0n) is 6.96. The van der Waals surface area contributed by atoms with Gasteiger partial charge in [0.25, 0.3) is 0 Å². The van der Waals surface area contributed by atoms with Crippen LogP contribution in [0, 0.1) is 0 Å². The van der Waals surface area contributed by atoms with E-state index < -0.39 is 0 Å². The Bertz CT molecular complexity index is 78.0. The monoisotopic (exact) mass is 142 g/mol. The molecule has 1 rings (SSSR count). The second kappa shape index (κ2) is 5.75. The van der Waals surface area contributed by atoms with E-state index in [1.165, 1.54) is 0 Å². The quantitative estimate of drug-likeness (QED) is 0.513. The molecule has 1 aliphatic rings. The van der Waals surface area contributed by atoms with Crippen LogP contribution >= 0.6 is 0 Å². The molecule has 1 aliphatic heterocycles. The summed E-state index contributed by atoms with van der Waals surface area (Å²) >= 11 is 0. The third-order valence-corrected chi connectivity index (χ3v) is 1.11. The fourth-order valence-corrected chi connectivity index (χ4v) is 0.690. The molecule has 0 aromatic rings. The van der Waals surface area contributed by atoms with Gasteiger partial charge in [-0.05, 0) is 6.42 Å². The largest absolute Gasteiger partial charge is 0.357 e. The van der Waals surface area contributed by atoms with Crippen molar-refractivity contribution in [1.82, 2.24) is 0 Å². The maximum Gasteiger partial charge on any atom is 0.156 e. The molecule has 2 unspecified atom stereocenters. The highest BCUT2D eigenvalue weighted by atomic mass is 16.7. The van der Waals surface area contributed by atoms with E-state index in [4.69, 9.17) is 17.3 Å². The van der Waals surface area contributed by atoms with Crippen molar-refractivity contribution in [3.63, 3.8) is 0 Å². The van der Waals surface area contributed by atoms with Crippen LogP contribution in [0.5, 0.6) is 0 Å². The van der Waals surface area contributed by atoms with Crippen molar-refractivity contribution in [2.24, 2.45) is 0 Å². The first-order valence-electron chi connectivity index (χ1n) is 3.85. The SMILES string of the molecule is CC.[B]C1COC(CC)O1. The Hall–Kier alpha value is -0.0151. The molecule has 0 N–H and O–H groups in total. The molecule has 0 amide bonds. The molecule has 2 atom stereocenters. The minimum atomic E-state index is -0.194. The molecule has 1 heterocycles. The molecule has 2 nitrogen and oxygen atoms in total. The zero-order valence-corrected chi connectivity index (χ0v) is 6.96. The Morgan fingerprint density at radius 3 is 2.30 bits per heavy atom. The fraction of sp³-hybridized carbons (Fsp3) is 1.00. The summed E-state index contributed by atoms with van der Waals surface area (Å²) in [6, 6.07) is -0.194. The molecule has 0 aromatic heterocycles. The highest BCUT2D eigenvalue weighted by Gasteiger charge is 2.19. The zero-order chi connectivity index (χ0) is 7.98. The predicted octanol–water partition coefficient (Wildman–Crippen LogP) is 1.29. The molecule has 3 heteroatoms. The van der Waals surface area contributed by atoms with Crippen LogP contribution in [0.1, 0.15) is 27.2 Å². The van der Waals surface area contributed by atoms with Crippen LogP contribution in [-0.2, 0) is 9.47 Å². The molecule has 0 bridgehead atoms. The lowest BCUT2D eigenvalue weighted by atomic mass is 10.0. The molecule has 0 saturated carbocycles. The maximum absolute atomic E-state index is 5.35. The van der Waals surface area contributed by atoms with Crippen molar-refractivity contribution in [1.29, 1.82) is 0 Å². The van der Waals surface area contributed by atoms with Crippen LogP contribution in [0.2, 0.25) is 0 Å². The Morgan fingerprint density at radius 1 is 1.50 bits per heavy atom. The van der Waals surface area contributed by atoms with Gasteiger partial charge in [0, 0.05) is 6.00 Å². The lowest BCUT2D eigenvalue weighted by Gasteiger charge is -2.04. The number of ether oxygens (including phenoxy) is 2. The van der Waals surface area contributed by atoms with E-state index in [2.05, 4.69) is 0 Å². The molecule has 1 fully saturated rings. The van der Waals surface area contributed by atoms with E-state index in [0.717, 1.165) is 6.42 Å². The van der Waals surface area contributed by atoms with Gasteiger partial charge >= 0.3 is 0 Å². The van der Waals surface area contributed by atoms with Crippen molar-refractivity contribution in [3.05, 3.63) is 0 Å². The van der Waals surface area contributed by atoms with E-state index in [1.54, 1.807) is 0 Å². The first-order chi connectivity index (χ1) is 4.83. The van der Waals surface area contributed by atoms with Gasteiger partial charge in [0.05, 0.1) is 6.61 Å². The van der Waals surface area contributed by atoms with E-state index in [0.29, 0.717) is 6.61 Å². The summed E-state index contributed by atoms with van der Waals surface area (Å²) in [4.78, 5) is 0. The summed E-state index contributed by atoms with van der Waals surface area (Å²) in [5.41, 5.74) is 0. The second-order valence-electron chi connectivity index (χ2n) is 1.85. The first kappa shape index (κ1) is 9.98. The van der Waals surface area contributed by atoms with Crippen LogP contribution in [0.15, 0.2) is 0 Å². The average molecular weight is 142 g/mol. The fourth-order valence-electron chi connectivity index (χ4n) is 0.690. The normalized spacial score (nSPS) is 31.1. The van der Waals surface area contributed by atoms with Gasteiger partial charge < -0.3 is 9.47 Å². The number of rotatable bonds is 1. The van der Waals surface area contributed by atoms with Crippen molar-refractivity contribution < 1.29 is 9.47 Å². The maximum atomic E-state index is 5.35. The minimum absolute atomic E-state index is 0.0509. The molecule has 0 aromatic carbocycles. The highest BCUT2D eigenvalue weighted by molar-refractivity contribution is 6.11. The summed E-state index contributed by atoms with van der Waals surface area (Å²) < 4.78 is 10.1. The van der Waals surface area contributed by atoms with Crippen molar-refractivity contribution >= 4 is 7.85 Å². The van der Waals surface area contributed by atoms with Crippen LogP contribution < -0.4 is 0 Å². The van der Waals surface area contributed by atoms with Crippen molar-refractivity contribution in [3.8, 4) is 0 Å². The summed E-state index contributed by atoms with van der Waals surface area (Å²) in [5.74, 6) is 0. The van der Waals surface area contributed by atoms with Crippen LogP contribution in [-0.4, -0.2) is 26.7 Å².